The second kappa shape index (κ2) is 7.69. The van der Waals surface area contributed by atoms with Crippen molar-refractivity contribution in [1.82, 2.24) is 20.0 Å². The topological polar surface area (TPSA) is 95.6 Å². The van der Waals surface area contributed by atoms with E-state index in [0.717, 1.165) is 24.2 Å². The van der Waals surface area contributed by atoms with Crippen molar-refractivity contribution in [2.24, 2.45) is 0 Å². The summed E-state index contributed by atoms with van der Waals surface area (Å²) in [4.78, 5) is 40.6. The van der Waals surface area contributed by atoms with Gasteiger partial charge in [-0.25, -0.2) is 5.10 Å². The molecule has 1 aromatic heterocycles. The number of amides is 2. The molecule has 0 aliphatic carbocycles. The molecule has 0 bridgehead atoms. The minimum atomic E-state index is -0.349. The molecule has 2 amide bonds. The monoisotopic (exact) mass is 396 g/mol. The lowest BCUT2D eigenvalue weighted by atomic mass is 9.85. The molecule has 0 spiro atoms. The number of aromatic nitrogens is 2. The number of H-pyrrole nitrogens is 1. The van der Waals surface area contributed by atoms with E-state index in [-0.39, 0.29) is 41.1 Å². The molecule has 2 aliphatic rings. The highest BCUT2D eigenvalue weighted by Crippen LogP contribution is 2.41. The summed E-state index contributed by atoms with van der Waals surface area (Å²) < 4.78 is 5.26. The predicted molar refractivity (Wildman–Crippen MR) is 106 cm³/mol. The number of aromatic amines is 1. The summed E-state index contributed by atoms with van der Waals surface area (Å²) in [6, 6.07) is 10.4. The number of methoxy groups -OCH3 is 1. The van der Waals surface area contributed by atoms with Gasteiger partial charge in [0.2, 0.25) is 5.91 Å². The second-order valence-electron chi connectivity index (χ2n) is 7.56. The van der Waals surface area contributed by atoms with Gasteiger partial charge in [0.25, 0.3) is 11.5 Å². The average Bonchev–Trinajstić information content (AvgIpc) is 3.14. The summed E-state index contributed by atoms with van der Waals surface area (Å²) in [7, 11) is 1.62. The Balaban J connectivity index is 1.70. The smallest absolute Gasteiger partial charge is 0.274 e. The van der Waals surface area contributed by atoms with E-state index in [1.165, 1.54) is 12.1 Å². The van der Waals surface area contributed by atoms with Crippen molar-refractivity contribution < 1.29 is 14.3 Å². The Kier molecular flexibility index (Phi) is 5.08. The molecule has 3 unspecified atom stereocenters. The molecule has 4 rings (SSSR count). The first-order valence-corrected chi connectivity index (χ1v) is 9.77. The molecule has 1 N–H and O–H groups in total. The van der Waals surface area contributed by atoms with Gasteiger partial charge >= 0.3 is 0 Å². The van der Waals surface area contributed by atoms with Crippen LogP contribution in [-0.2, 0) is 4.79 Å². The Morgan fingerprint density at radius 3 is 2.52 bits per heavy atom. The molecule has 152 valence electrons. The van der Waals surface area contributed by atoms with Crippen LogP contribution in [0.2, 0.25) is 0 Å². The van der Waals surface area contributed by atoms with Gasteiger partial charge in [0.05, 0.1) is 19.2 Å². The van der Waals surface area contributed by atoms with E-state index in [1.54, 1.807) is 14.0 Å². The van der Waals surface area contributed by atoms with Crippen molar-refractivity contribution in [1.29, 1.82) is 0 Å². The lowest BCUT2D eigenvalue weighted by Gasteiger charge is -2.41. The SMILES string of the molecule is COc1ccc(C2CN(C(C)=O)C3CCCN(C(=O)c4ccc(=O)[nH]n4)C23)cc1. The highest BCUT2D eigenvalue weighted by atomic mass is 16.5. The van der Waals surface area contributed by atoms with E-state index in [2.05, 4.69) is 10.2 Å². The molecule has 2 aromatic rings. The molecule has 1 aromatic carbocycles. The Morgan fingerprint density at radius 1 is 1.14 bits per heavy atom. The van der Waals surface area contributed by atoms with Gasteiger partial charge in [0, 0.05) is 32.0 Å². The summed E-state index contributed by atoms with van der Waals surface area (Å²) >= 11 is 0. The van der Waals surface area contributed by atoms with Crippen LogP contribution in [0.3, 0.4) is 0 Å². The van der Waals surface area contributed by atoms with Crippen LogP contribution in [0.25, 0.3) is 0 Å². The molecule has 2 saturated heterocycles. The Hall–Kier alpha value is -3.16. The number of rotatable bonds is 3. The molecule has 3 atom stereocenters. The number of likely N-dealkylation sites (tertiary alicyclic amines) is 2. The molecular weight excluding hydrogens is 372 g/mol. The maximum Gasteiger partial charge on any atom is 0.274 e. The molecule has 29 heavy (non-hydrogen) atoms. The summed E-state index contributed by atoms with van der Waals surface area (Å²) in [6.45, 7) is 2.75. The molecule has 2 aliphatic heterocycles. The van der Waals surface area contributed by atoms with Crippen LogP contribution < -0.4 is 10.3 Å². The van der Waals surface area contributed by atoms with E-state index in [4.69, 9.17) is 4.74 Å². The number of nitrogens with zero attached hydrogens (tertiary/aromatic N) is 3. The van der Waals surface area contributed by atoms with E-state index >= 15 is 0 Å². The molecular formula is C21H24N4O4. The number of piperidine rings is 1. The van der Waals surface area contributed by atoms with Crippen LogP contribution in [0.5, 0.6) is 5.75 Å². The molecule has 0 saturated carbocycles. The third-order valence-corrected chi connectivity index (χ3v) is 5.97. The standard InChI is InChI=1S/C21H24N4O4/c1-13(26)25-12-16(14-5-7-15(29-2)8-6-14)20-18(25)4-3-11-24(20)21(28)17-9-10-19(27)23-22-17/h5-10,16,18,20H,3-4,11-12H2,1-2H3,(H,23,27). The Morgan fingerprint density at radius 2 is 1.90 bits per heavy atom. The predicted octanol–water partition coefficient (Wildman–Crippen LogP) is 1.40. The van der Waals surface area contributed by atoms with Crippen molar-refractivity contribution in [3.63, 3.8) is 0 Å². The number of nitrogens with one attached hydrogen (secondary N) is 1. The Bertz CT molecular complexity index is 951. The maximum atomic E-state index is 13.2. The zero-order valence-electron chi connectivity index (χ0n) is 16.5. The van der Waals surface area contributed by atoms with Gasteiger partial charge in [-0.2, -0.15) is 5.10 Å². The van der Waals surface area contributed by atoms with Gasteiger partial charge in [0.15, 0.2) is 0 Å². The minimum Gasteiger partial charge on any atom is -0.497 e. The van der Waals surface area contributed by atoms with Gasteiger partial charge in [-0.3, -0.25) is 14.4 Å². The van der Waals surface area contributed by atoms with Crippen molar-refractivity contribution in [2.75, 3.05) is 20.2 Å². The second-order valence-corrected chi connectivity index (χ2v) is 7.56. The summed E-state index contributed by atoms with van der Waals surface area (Å²) in [5, 5.41) is 6.25. The van der Waals surface area contributed by atoms with Crippen LogP contribution in [0, 0.1) is 0 Å². The number of carbonyl (C=O) groups is 2. The first-order valence-electron chi connectivity index (χ1n) is 9.77. The first kappa shape index (κ1) is 19.2. The lowest BCUT2D eigenvalue weighted by molar-refractivity contribution is -0.130. The Labute approximate surface area is 168 Å². The quantitative estimate of drug-likeness (QED) is 0.846. The molecule has 8 heteroatoms. The van der Waals surface area contributed by atoms with E-state index in [9.17, 15) is 14.4 Å². The van der Waals surface area contributed by atoms with Crippen LogP contribution in [-0.4, -0.2) is 64.1 Å². The third-order valence-electron chi connectivity index (χ3n) is 5.97. The molecule has 8 nitrogen and oxygen atoms in total. The van der Waals surface area contributed by atoms with Crippen LogP contribution in [0.4, 0.5) is 0 Å². The fourth-order valence-corrected chi connectivity index (χ4v) is 4.64. The highest BCUT2D eigenvalue weighted by molar-refractivity contribution is 5.92. The van der Waals surface area contributed by atoms with Gasteiger partial charge < -0.3 is 14.5 Å². The van der Waals surface area contributed by atoms with Crippen LogP contribution in [0.1, 0.15) is 41.7 Å². The van der Waals surface area contributed by atoms with Crippen LogP contribution >= 0.6 is 0 Å². The number of carbonyl (C=O) groups excluding carboxylic acids is 2. The number of hydrogen-bond acceptors (Lipinski definition) is 5. The summed E-state index contributed by atoms with van der Waals surface area (Å²) in [5.74, 6) is 0.565. The van der Waals surface area contributed by atoms with E-state index < -0.39 is 0 Å². The van der Waals surface area contributed by atoms with Crippen molar-refractivity contribution >= 4 is 11.8 Å². The number of ether oxygens (including phenoxy) is 1. The third kappa shape index (κ3) is 3.50. The zero-order chi connectivity index (χ0) is 20.5. The molecule has 3 heterocycles. The van der Waals surface area contributed by atoms with Gasteiger partial charge in [-0.15, -0.1) is 0 Å². The first-order chi connectivity index (χ1) is 14.0. The van der Waals surface area contributed by atoms with E-state index in [0.29, 0.717) is 13.1 Å². The van der Waals surface area contributed by atoms with Crippen molar-refractivity contribution in [3.8, 4) is 5.75 Å². The highest BCUT2D eigenvalue weighted by Gasteiger charge is 2.49. The minimum absolute atomic E-state index is 0.00168. The summed E-state index contributed by atoms with van der Waals surface area (Å²) in [6.07, 6.45) is 1.68. The van der Waals surface area contributed by atoms with Crippen LogP contribution in [0.15, 0.2) is 41.2 Å². The fourth-order valence-electron chi connectivity index (χ4n) is 4.64. The lowest BCUT2D eigenvalue weighted by Crippen LogP contribution is -2.54. The molecule has 2 fully saturated rings. The van der Waals surface area contributed by atoms with Gasteiger partial charge in [-0.1, -0.05) is 12.1 Å². The van der Waals surface area contributed by atoms with Crippen molar-refractivity contribution in [2.45, 2.75) is 37.8 Å². The maximum absolute atomic E-state index is 13.2. The zero-order valence-corrected chi connectivity index (χ0v) is 16.5. The average molecular weight is 396 g/mol. The number of fused-ring (bicyclic) bond motifs is 1. The molecule has 0 radical (unpaired) electrons. The van der Waals surface area contributed by atoms with E-state index in [1.807, 2.05) is 34.1 Å². The number of hydrogen-bond donors (Lipinski definition) is 1. The van der Waals surface area contributed by atoms with Gasteiger partial charge in [-0.05, 0) is 36.6 Å². The summed E-state index contributed by atoms with van der Waals surface area (Å²) in [5.41, 5.74) is 0.927. The van der Waals surface area contributed by atoms with Crippen molar-refractivity contribution in [3.05, 3.63) is 58.0 Å². The normalized spacial score (nSPS) is 23.6. The number of benzene rings is 1. The fraction of sp³-hybridized carbons (Fsp3) is 0.429. The van der Waals surface area contributed by atoms with Gasteiger partial charge in [0.1, 0.15) is 11.4 Å². The largest absolute Gasteiger partial charge is 0.497 e.